The van der Waals surface area contributed by atoms with E-state index >= 15 is 0 Å². The summed E-state index contributed by atoms with van der Waals surface area (Å²) >= 11 is 0. The van der Waals surface area contributed by atoms with Crippen molar-refractivity contribution in [3.63, 3.8) is 0 Å². The van der Waals surface area contributed by atoms with E-state index in [1.54, 1.807) is 23.1 Å². The second-order valence-electron chi connectivity index (χ2n) is 3.88. The first-order valence-corrected chi connectivity index (χ1v) is 5.32. The molecule has 1 aromatic carbocycles. The molecule has 0 aromatic heterocycles. The summed E-state index contributed by atoms with van der Waals surface area (Å²) in [7, 11) is 1.51. The minimum absolute atomic E-state index is 0.104. The van der Waals surface area contributed by atoms with Gasteiger partial charge >= 0.3 is 0 Å². The van der Waals surface area contributed by atoms with Crippen molar-refractivity contribution in [2.45, 2.75) is 12.5 Å². The molecule has 1 heterocycles. The molecule has 1 aromatic rings. The van der Waals surface area contributed by atoms with Crippen LogP contribution in [0.15, 0.2) is 18.2 Å². The molecule has 0 saturated carbocycles. The van der Waals surface area contributed by atoms with Gasteiger partial charge in [0.2, 0.25) is 5.91 Å². The maximum atomic E-state index is 11.8. The van der Waals surface area contributed by atoms with Crippen molar-refractivity contribution in [2.75, 3.05) is 18.6 Å². The fourth-order valence-corrected chi connectivity index (χ4v) is 1.91. The number of nitrogens with two attached hydrogens (primary N) is 1. The number of hydrogen-bond acceptors (Lipinski definition) is 4. The number of carbonyl (C=O) groups excluding carboxylic acids is 1. The molecule has 2 rings (SSSR count). The Bertz CT molecular complexity index is 493. The molecule has 1 amide bonds. The molecule has 5 heteroatoms. The van der Waals surface area contributed by atoms with Gasteiger partial charge in [0.1, 0.15) is 5.75 Å². The van der Waals surface area contributed by atoms with Crippen LogP contribution in [0.25, 0.3) is 0 Å². The van der Waals surface area contributed by atoms with Crippen LogP contribution in [0.3, 0.4) is 0 Å². The number of rotatable bonds is 2. The third-order valence-corrected chi connectivity index (χ3v) is 2.85. The zero-order chi connectivity index (χ0) is 12.4. The third kappa shape index (κ3) is 1.95. The van der Waals surface area contributed by atoms with Crippen LogP contribution in [0.1, 0.15) is 12.0 Å². The van der Waals surface area contributed by atoms with Crippen LogP contribution in [0, 0.1) is 11.3 Å². The number of nitriles is 1. The molecule has 1 saturated heterocycles. The summed E-state index contributed by atoms with van der Waals surface area (Å²) in [6, 6.07) is 6.59. The highest BCUT2D eigenvalue weighted by Crippen LogP contribution is 2.31. The second-order valence-corrected chi connectivity index (χ2v) is 3.88. The van der Waals surface area contributed by atoms with E-state index in [2.05, 4.69) is 0 Å². The van der Waals surface area contributed by atoms with Crippen molar-refractivity contribution < 1.29 is 9.53 Å². The molecule has 1 fully saturated rings. The van der Waals surface area contributed by atoms with Crippen LogP contribution in [-0.4, -0.2) is 25.6 Å². The van der Waals surface area contributed by atoms with Crippen molar-refractivity contribution in [2.24, 2.45) is 5.73 Å². The predicted octanol–water partition coefficient (Wildman–Crippen LogP) is 0.631. The van der Waals surface area contributed by atoms with E-state index in [1.165, 1.54) is 7.11 Å². The fourth-order valence-electron chi connectivity index (χ4n) is 1.91. The largest absolute Gasteiger partial charge is 0.495 e. The Morgan fingerprint density at radius 2 is 2.35 bits per heavy atom. The lowest BCUT2D eigenvalue weighted by Crippen LogP contribution is -2.34. The molecule has 88 valence electrons. The van der Waals surface area contributed by atoms with Gasteiger partial charge in [0, 0.05) is 12.6 Å². The van der Waals surface area contributed by atoms with E-state index in [4.69, 9.17) is 15.7 Å². The van der Waals surface area contributed by atoms with Crippen molar-refractivity contribution in [3.05, 3.63) is 23.8 Å². The summed E-state index contributed by atoms with van der Waals surface area (Å²) in [6.07, 6.45) is 0.641. The standard InChI is InChI=1S/C12H13N3O2/c1-17-11-6-8(7-13)2-3-10(11)15-5-4-9(14)12(15)16/h2-3,6,9H,4-5,14H2,1H3. The molecule has 1 atom stereocenters. The van der Waals surface area contributed by atoms with Gasteiger partial charge in [0.05, 0.1) is 30.5 Å². The van der Waals surface area contributed by atoms with Crippen LogP contribution in [0.4, 0.5) is 5.69 Å². The van der Waals surface area contributed by atoms with Crippen molar-refractivity contribution in [3.8, 4) is 11.8 Å². The van der Waals surface area contributed by atoms with Crippen LogP contribution in [0.5, 0.6) is 5.75 Å². The highest BCUT2D eigenvalue weighted by atomic mass is 16.5. The molecule has 5 nitrogen and oxygen atoms in total. The van der Waals surface area contributed by atoms with Crippen LogP contribution < -0.4 is 15.4 Å². The Hall–Kier alpha value is -2.06. The molecule has 0 bridgehead atoms. The molecule has 0 aliphatic carbocycles. The number of hydrogen-bond donors (Lipinski definition) is 1. The van der Waals surface area contributed by atoms with Gasteiger partial charge in [-0.25, -0.2) is 0 Å². The number of ether oxygens (including phenoxy) is 1. The summed E-state index contributed by atoms with van der Waals surface area (Å²) in [5.74, 6) is 0.416. The SMILES string of the molecule is COc1cc(C#N)ccc1N1CCC(N)C1=O. The Balaban J connectivity index is 2.39. The van der Waals surface area contributed by atoms with Crippen molar-refractivity contribution in [1.29, 1.82) is 5.26 Å². The lowest BCUT2D eigenvalue weighted by molar-refractivity contribution is -0.118. The predicted molar refractivity (Wildman–Crippen MR) is 62.7 cm³/mol. The average molecular weight is 231 g/mol. The fraction of sp³-hybridized carbons (Fsp3) is 0.333. The average Bonchev–Trinajstić information content (AvgIpc) is 2.69. The number of amides is 1. The lowest BCUT2D eigenvalue weighted by Gasteiger charge is -2.19. The van der Waals surface area contributed by atoms with Gasteiger partial charge in [-0.15, -0.1) is 0 Å². The van der Waals surface area contributed by atoms with Gasteiger partial charge in [0.25, 0.3) is 0 Å². The Morgan fingerprint density at radius 3 is 2.88 bits per heavy atom. The molecule has 1 unspecified atom stereocenters. The lowest BCUT2D eigenvalue weighted by atomic mass is 10.2. The van der Waals surface area contributed by atoms with Crippen LogP contribution >= 0.6 is 0 Å². The van der Waals surface area contributed by atoms with E-state index in [-0.39, 0.29) is 5.91 Å². The highest BCUT2D eigenvalue weighted by Gasteiger charge is 2.31. The summed E-state index contributed by atoms with van der Waals surface area (Å²) in [5, 5.41) is 8.80. The van der Waals surface area contributed by atoms with Gasteiger partial charge in [-0.2, -0.15) is 5.26 Å². The van der Waals surface area contributed by atoms with Gasteiger partial charge in [-0.3, -0.25) is 4.79 Å². The molecule has 1 aliphatic heterocycles. The normalized spacial score (nSPS) is 19.2. The molecule has 0 radical (unpaired) electrons. The number of benzene rings is 1. The Morgan fingerprint density at radius 1 is 1.59 bits per heavy atom. The minimum Gasteiger partial charge on any atom is -0.495 e. The second kappa shape index (κ2) is 4.44. The number of methoxy groups -OCH3 is 1. The van der Waals surface area contributed by atoms with Crippen LogP contribution in [0.2, 0.25) is 0 Å². The summed E-state index contributed by atoms with van der Waals surface area (Å²) in [5.41, 5.74) is 6.84. The quantitative estimate of drug-likeness (QED) is 0.809. The maximum Gasteiger partial charge on any atom is 0.244 e. The number of carbonyl (C=O) groups is 1. The molecular weight excluding hydrogens is 218 g/mol. The molecule has 1 aliphatic rings. The Labute approximate surface area is 99.4 Å². The smallest absolute Gasteiger partial charge is 0.244 e. The zero-order valence-electron chi connectivity index (χ0n) is 9.51. The zero-order valence-corrected chi connectivity index (χ0v) is 9.51. The minimum atomic E-state index is -0.435. The molecule has 17 heavy (non-hydrogen) atoms. The Kier molecular flexibility index (Phi) is 2.98. The molecule has 0 spiro atoms. The summed E-state index contributed by atoms with van der Waals surface area (Å²) in [6.45, 7) is 0.586. The molecule has 2 N–H and O–H groups in total. The van der Waals surface area contributed by atoms with Gasteiger partial charge in [0.15, 0.2) is 0 Å². The summed E-state index contributed by atoms with van der Waals surface area (Å²) in [4.78, 5) is 13.4. The number of anilines is 1. The van der Waals surface area contributed by atoms with E-state index in [0.717, 1.165) is 0 Å². The van der Waals surface area contributed by atoms with E-state index < -0.39 is 6.04 Å². The highest BCUT2D eigenvalue weighted by molar-refractivity contribution is 6.00. The van der Waals surface area contributed by atoms with Gasteiger partial charge < -0.3 is 15.4 Å². The summed E-state index contributed by atoms with van der Waals surface area (Å²) < 4.78 is 5.20. The monoisotopic (exact) mass is 231 g/mol. The third-order valence-electron chi connectivity index (χ3n) is 2.85. The van der Waals surface area contributed by atoms with Crippen molar-refractivity contribution >= 4 is 11.6 Å². The first-order valence-electron chi connectivity index (χ1n) is 5.32. The maximum absolute atomic E-state index is 11.8. The van der Waals surface area contributed by atoms with E-state index in [0.29, 0.717) is 30.0 Å². The van der Waals surface area contributed by atoms with Crippen molar-refractivity contribution in [1.82, 2.24) is 0 Å². The first-order chi connectivity index (χ1) is 8.17. The van der Waals surface area contributed by atoms with E-state index in [1.807, 2.05) is 6.07 Å². The first kappa shape index (κ1) is 11.4. The van der Waals surface area contributed by atoms with Crippen LogP contribution in [-0.2, 0) is 4.79 Å². The van der Waals surface area contributed by atoms with Gasteiger partial charge in [-0.05, 0) is 18.6 Å². The number of nitrogens with zero attached hydrogens (tertiary/aromatic N) is 2. The van der Waals surface area contributed by atoms with E-state index in [9.17, 15) is 4.79 Å². The molecular formula is C12H13N3O2. The van der Waals surface area contributed by atoms with Gasteiger partial charge in [-0.1, -0.05) is 0 Å². The topological polar surface area (TPSA) is 79.3 Å².